The molecule has 36 heavy (non-hydrogen) atoms. The SMILES string of the molecule is Cc1ccc(NS(=O)(=O)c2ccc3c(c2)[C@H]2NCC[C@H]2[C@@H](c2ccc(C(=O)C(C)C)cc2)N3)cc1C. The van der Waals surface area contributed by atoms with Crippen LogP contribution in [0.3, 0.4) is 0 Å². The monoisotopic (exact) mass is 503 g/mol. The first-order valence-corrected chi connectivity index (χ1v) is 14.0. The standard InChI is InChI=1S/C29H33N3O3S/c1-17(2)29(33)21-8-6-20(7-9-21)27-24-13-14-30-28(24)25-16-23(11-12-26(25)31-27)36(34,35)32-22-10-5-18(3)19(4)15-22/h5-12,15-17,24,27-28,30-32H,13-14H2,1-4H3/t24-,27+,28-/m0/s1. The average molecular weight is 504 g/mol. The molecule has 188 valence electrons. The number of fused-ring (bicyclic) bond motifs is 3. The summed E-state index contributed by atoms with van der Waals surface area (Å²) in [6.07, 6.45) is 0.978. The predicted molar refractivity (Wildman–Crippen MR) is 144 cm³/mol. The van der Waals surface area contributed by atoms with Crippen LogP contribution in [-0.4, -0.2) is 20.7 Å². The van der Waals surface area contributed by atoms with E-state index >= 15 is 0 Å². The number of nitrogens with one attached hydrogen (secondary N) is 3. The van der Waals surface area contributed by atoms with Gasteiger partial charge in [-0.2, -0.15) is 0 Å². The molecular weight excluding hydrogens is 470 g/mol. The van der Waals surface area contributed by atoms with Crippen molar-refractivity contribution in [2.45, 2.75) is 51.1 Å². The maximum Gasteiger partial charge on any atom is 0.261 e. The minimum absolute atomic E-state index is 0.0334. The third kappa shape index (κ3) is 4.53. The second kappa shape index (κ2) is 9.37. The van der Waals surface area contributed by atoms with Crippen LogP contribution in [0.5, 0.6) is 0 Å². The molecule has 0 spiro atoms. The third-order valence-electron chi connectivity index (χ3n) is 7.52. The zero-order valence-corrected chi connectivity index (χ0v) is 21.9. The molecule has 5 rings (SSSR count). The Hall–Kier alpha value is -3.16. The second-order valence-corrected chi connectivity index (χ2v) is 12.0. The summed E-state index contributed by atoms with van der Waals surface area (Å²) in [6, 6.07) is 18.9. The Morgan fingerprint density at radius 1 is 0.944 bits per heavy atom. The van der Waals surface area contributed by atoms with Crippen molar-refractivity contribution in [3.05, 3.63) is 88.5 Å². The van der Waals surface area contributed by atoms with Gasteiger partial charge in [-0.1, -0.05) is 44.2 Å². The largest absolute Gasteiger partial charge is 0.378 e. The quantitative estimate of drug-likeness (QED) is 0.372. The first kappa shape index (κ1) is 24.5. The highest BCUT2D eigenvalue weighted by Crippen LogP contribution is 2.47. The van der Waals surface area contributed by atoms with Crippen LogP contribution < -0.4 is 15.4 Å². The molecule has 6 nitrogen and oxygen atoms in total. The fourth-order valence-corrected chi connectivity index (χ4v) is 6.42. The molecule has 0 amide bonds. The van der Waals surface area contributed by atoms with E-state index < -0.39 is 10.0 Å². The molecule has 0 unspecified atom stereocenters. The summed E-state index contributed by atoms with van der Waals surface area (Å²) in [7, 11) is -3.73. The van der Waals surface area contributed by atoms with Gasteiger partial charge in [0.25, 0.3) is 10.0 Å². The summed E-state index contributed by atoms with van der Waals surface area (Å²) >= 11 is 0. The molecule has 0 saturated carbocycles. The molecule has 0 radical (unpaired) electrons. The Kier molecular flexibility index (Phi) is 6.39. The van der Waals surface area contributed by atoms with Gasteiger partial charge < -0.3 is 10.6 Å². The van der Waals surface area contributed by atoms with Crippen LogP contribution in [0.15, 0.2) is 65.6 Å². The van der Waals surface area contributed by atoms with Crippen LogP contribution in [-0.2, 0) is 10.0 Å². The maximum absolute atomic E-state index is 13.2. The number of hydrogen-bond donors (Lipinski definition) is 3. The summed E-state index contributed by atoms with van der Waals surface area (Å²) in [5.74, 6) is 0.385. The second-order valence-electron chi connectivity index (χ2n) is 10.3. The molecule has 3 atom stereocenters. The van der Waals surface area contributed by atoms with Gasteiger partial charge in [-0.3, -0.25) is 9.52 Å². The summed E-state index contributed by atoms with van der Waals surface area (Å²) in [5.41, 5.74) is 6.49. The number of ketones is 1. The van der Waals surface area contributed by atoms with E-state index in [4.69, 9.17) is 0 Å². The Morgan fingerprint density at radius 2 is 1.69 bits per heavy atom. The Bertz CT molecular complexity index is 1410. The van der Waals surface area contributed by atoms with E-state index in [9.17, 15) is 13.2 Å². The zero-order chi connectivity index (χ0) is 25.6. The highest BCUT2D eigenvalue weighted by molar-refractivity contribution is 7.92. The van der Waals surface area contributed by atoms with Gasteiger partial charge in [0.2, 0.25) is 0 Å². The van der Waals surface area contributed by atoms with Gasteiger partial charge in [0.05, 0.1) is 10.9 Å². The van der Waals surface area contributed by atoms with Gasteiger partial charge in [0, 0.05) is 34.8 Å². The first-order valence-electron chi connectivity index (χ1n) is 12.5. The lowest BCUT2D eigenvalue weighted by Crippen LogP contribution is -2.32. The van der Waals surface area contributed by atoms with Crippen LogP contribution >= 0.6 is 0 Å². The molecular formula is C29H33N3O3S. The van der Waals surface area contributed by atoms with Crippen LogP contribution in [0.25, 0.3) is 0 Å². The van der Waals surface area contributed by atoms with Gasteiger partial charge >= 0.3 is 0 Å². The van der Waals surface area contributed by atoms with Crippen LogP contribution in [0.4, 0.5) is 11.4 Å². The lowest BCUT2D eigenvalue weighted by Gasteiger charge is -2.37. The van der Waals surface area contributed by atoms with Gasteiger partial charge in [-0.25, -0.2) is 8.42 Å². The smallest absolute Gasteiger partial charge is 0.261 e. The van der Waals surface area contributed by atoms with Crippen molar-refractivity contribution in [1.82, 2.24) is 5.32 Å². The lowest BCUT2D eigenvalue weighted by molar-refractivity contribution is 0.0939. The summed E-state index contributed by atoms with van der Waals surface area (Å²) in [5, 5.41) is 7.25. The molecule has 0 aliphatic carbocycles. The fourth-order valence-electron chi connectivity index (χ4n) is 5.33. The summed E-state index contributed by atoms with van der Waals surface area (Å²) in [6.45, 7) is 8.67. The molecule has 2 aliphatic rings. The Labute approximate surface area is 213 Å². The van der Waals surface area contributed by atoms with Crippen LogP contribution in [0.1, 0.15) is 65.0 Å². The van der Waals surface area contributed by atoms with Crippen molar-refractivity contribution >= 4 is 27.2 Å². The number of hydrogen-bond acceptors (Lipinski definition) is 5. The van der Waals surface area contributed by atoms with Crippen molar-refractivity contribution in [3.63, 3.8) is 0 Å². The summed E-state index contributed by atoms with van der Waals surface area (Å²) in [4.78, 5) is 12.6. The number of Topliss-reactive ketones (excluding diaryl/α,β-unsaturated/α-hetero) is 1. The van der Waals surface area contributed by atoms with E-state index in [-0.39, 0.29) is 34.6 Å². The van der Waals surface area contributed by atoms with Crippen molar-refractivity contribution in [2.75, 3.05) is 16.6 Å². The maximum atomic E-state index is 13.2. The highest BCUT2D eigenvalue weighted by atomic mass is 32.2. The lowest BCUT2D eigenvalue weighted by atomic mass is 9.80. The van der Waals surface area contributed by atoms with E-state index in [0.29, 0.717) is 5.69 Å². The molecule has 0 bridgehead atoms. The fraction of sp³-hybridized carbons (Fsp3) is 0.345. The van der Waals surface area contributed by atoms with E-state index in [1.807, 2.05) is 70.2 Å². The molecule has 3 aromatic carbocycles. The van der Waals surface area contributed by atoms with Crippen LogP contribution in [0.2, 0.25) is 0 Å². The van der Waals surface area contributed by atoms with Crippen molar-refractivity contribution in [2.24, 2.45) is 11.8 Å². The average Bonchev–Trinajstić information content (AvgIpc) is 3.35. The van der Waals surface area contributed by atoms with E-state index in [1.54, 1.807) is 18.2 Å². The molecule has 3 N–H and O–H groups in total. The first-order chi connectivity index (χ1) is 17.1. The van der Waals surface area contributed by atoms with E-state index in [2.05, 4.69) is 15.4 Å². The van der Waals surface area contributed by atoms with E-state index in [0.717, 1.165) is 46.5 Å². The molecule has 2 heterocycles. The molecule has 7 heteroatoms. The van der Waals surface area contributed by atoms with Gasteiger partial charge in [0.1, 0.15) is 0 Å². The molecule has 1 fully saturated rings. The molecule has 3 aromatic rings. The number of carbonyl (C=O) groups is 1. The normalized spacial score (nSPS) is 21.0. The number of rotatable bonds is 6. The van der Waals surface area contributed by atoms with Crippen molar-refractivity contribution in [3.8, 4) is 0 Å². The molecule has 0 aromatic heterocycles. The number of carbonyl (C=O) groups excluding carboxylic acids is 1. The minimum Gasteiger partial charge on any atom is -0.378 e. The van der Waals surface area contributed by atoms with E-state index in [1.165, 1.54) is 0 Å². The Balaban J connectivity index is 1.43. The molecule has 1 saturated heterocycles. The number of benzene rings is 3. The van der Waals surface area contributed by atoms with Gasteiger partial charge in [-0.15, -0.1) is 0 Å². The number of aryl methyl sites for hydroxylation is 2. The van der Waals surface area contributed by atoms with Crippen LogP contribution in [0, 0.1) is 25.7 Å². The zero-order valence-electron chi connectivity index (χ0n) is 21.1. The summed E-state index contributed by atoms with van der Waals surface area (Å²) < 4.78 is 29.2. The minimum atomic E-state index is -3.73. The van der Waals surface area contributed by atoms with Crippen molar-refractivity contribution in [1.29, 1.82) is 0 Å². The Morgan fingerprint density at radius 3 is 2.39 bits per heavy atom. The predicted octanol–water partition coefficient (Wildman–Crippen LogP) is 5.76. The highest BCUT2D eigenvalue weighted by Gasteiger charge is 2.40. The molecule has 2 aliphatic heterocycles. The van der Waals surface area contributed by atoms with Crippen molar-refractivity contribution < 1.29 is 13.2 Å². The topological polar surface area (TPSA) is 87.3 Å². The van der Waals surface area contributed by atoms with Gasteiger partial charge in [0.15, 0.2) is 5.78 Å². The van der Waals surface area contributed by atoms with Gasteiger partial charge in [-0.05, 0) is 79.4 Å². The number of sulfonamides is 1. The number of anilines is 2. The third-order valence-corrected chi connectivity index (χ3v) is 8.89.